The number of hydrogen-bond donors (Lipinski definition) is 2. The van der Waals surface area contributed by atoms with Crippen LogP contribution in [0.4, 0.5) is 0 Å². The molecule has 0 saturated carbocycles. The van der Waals surface area contributed by atoms with Gasteiger partial charge in [0.15, 0.2) is 0 Å². The number of nitrogens with two attached hydrogens (primary N) is 1. The molecule has 1 aromatic rings. The average Bonchev–Trinajstić information content (AvgIpc) is 2.70. The highest BCUT2D eigenvalue weighted by Crippen LogP contribution is 2.15. The van der Waals surface area contributed by atoms with Crippen LogP contribution in [-0.2, 0) is 4.79 Å². The van der Waals surface area contributed by atoms with Crippen molar-refractivity contribution < 1.29 is 4.79 Å². The first kappa shape index (κ1) is 12.2. The van der Waals surface area contributed by atoms with Crippen molar-refractivity contribution in [2.24, 2.45) is 5.73 Å². The molecule has 3 N–H and O–H groups in total. The molecule has 0 fully saturated rings. The maximum Gasteiger partial charge on any atom is 0.220 e. The molecule has 0 radical (unpaired) electrons. The Bertz CT molecular complexity index is 285. The van der Waals surface area contributed by atoms with E-state index in [2.05, 4.69) is 10.7 Å². The fraction of sp³-hybridized carbons (Fsp3) is 0.545. The predicted octanol–water partition coefficient (Wildman–Crippen LogP) is 2.05. The second kappa shape index (κ2) is 6.58. The average molecular weight is 226 g/mol. The minimum atomic E-state index is 0.113. The summed E-state index contributed by atoms with van der Waals surface area (Å²) < 4.78 is 0. The monoisotopic (exact) mass is 226 g/mol. The fourth-order valence-corrected chi connectivity index (χ4v) is 2.10. The molecule has 1 atom stereocenters. The third-order valence-corrected chi connectivity index (χ3v) is 2.98. The van der Waals surface area contributed by atoms with Crippen LogP contribution in [0.1, 0.15) is 37.8 Å². The summed E-state index contributed by atoms with van der Waals surface area (Å²) in [5.41, 5.74) is 6.54. The number of thiophene rings is 1. The van der Waals surface area contributed by atoms with Crippen LogP contribution < -0.4 is 11.1 Å². The lowest BCUT2D eigenvalue weighted by Crippen LogP contribution is -2.26. The van der Waals surface area contributed by atoms with E-state index in [0.29, 0.717) is 13.0 Å². The van der Waals surface area contributed by atoms with Gasteiger partial charge in [0.2, 0.25) is 5.91 Å². The SMILES string of the molecule is CC(NC(=O)CCCCN)c1ccsc1. The van der Waals surface area contributed by atoms with Crippen LogP contribution in [0.2, 0.25) is 0 Å². The molecule has 1 unspecified atom stereocenters. The van der Waals surface area contributed by atoms with E-state index < -0.39 is 0 Å². The van der Waals surface area contributed by atoms with Crippen molar-refractivity contribution in [3.05, 3.63) is 22.4 Å². The van der Waals surface area contributed by atoms with Gasteiger partial charge in [0, 0.05) is 6.42 Å². The number of hydrogen-bond acceptors (Lipinski definition) is 3. The van der Waals surface area contributed by atoms with Gasteiger partial charge in [-0.2, -0.15) is 11.3 Å². The molecule has 1 rings (SSSR count). The minimum absolute atomic E-state index is 0.113. The van der Waals surface area contributed by atoms with Crippen LogP contribution in [0, 0.1) is 0 Å². The Kier molecular flexibility index (Phi) is 5.36. The topological polar surface area (TPSA) is 55.1 Å². The summed E-state index contributed by atoms with van der Waals surface area (Å²) in [5, 5.41) is 7.05. The van der Waals surface area contributed by atoms with Gasteiger partial charge in [-0.1, -0.05) is 0 Å². The van der Waals surface area contributed by atoms with Crippen molar-refractivity contribution in [2.75, 3.05) is 6.54 Å². The van der Waals surface area contributed by atoms with Gasteiger partial charge in [-0.15, -0.1) is 0 Å². The lowest BCUT2D eigenvalue weighted by molar-refractivity contribution is -0.121. The first-order chi connectivity index (χ1) is 7.24. The zero-order valence-corrected chi connectivity index (χ0v) is 9.85. The maximum absolute atomic E-state index is 11.5. The van der Waals surface area contributed by atoms with E-state index in [9.17, 15) is 4.79 Å². The number of nitrogens with one attached hydrogen (secondary N) is 1. The van der Waals surface area contributed by atoms with Crippen LogP contribution in [-0.4, -0.2) is 12.5 Å². The largest absolute Gasteiger partial charge is 0.350 e. The Labute approximate surface area is 94.7 Å². The highest BCUT2D eigenvalue weighted by molar-refractivity contribution is 7.07. The van der Waals surface area contributed by atoms with Gasteiger partial charge in [-0.25, -0.2) is 0 Å². The number of carbonyl (C=O) groups is 1. The molecule has 1 aromatic heterocycles. The van der Waals surface area contributed by atoms with Crippen molar-refractivity contribution in [1.82, 2.24) is 5.32 Å². The highest BCUT2D eigenvalue weighted by Gasteiger charge is 2.08. The zero-order valence-electron chi connectivity index (χ0n) is 9.03. The molecule has 0 aliphatic carbocycles. The molecule has 0 aliphatic heterocycles. The van der Waals surface area contributed by atoms with Gasteiger partial charge < -0.3 is 11.1 Å². The van der Waals surface area contributed by atoms with Crippen LogP contribution in [0.15, 0.2) is 16.8 Å². The summed E-state index contributed by atoms with van der Waals surface area (Å²) in [6.45, 7) is 2.66. The molecular formula is C11H18N2OS. The van der Waals surface area contributed by atoms with Crippen LogP contribution in [0.5, 0.6) is 0 Å². The van der Waals surface area contributed by atoms with Crippen molar-refractivity contribution in [1.29, 1.82) is 0 Å². The van der Waals surface area contributed by atoms with Crippen LogP contribution >= 0.6 is 11.3 Å². The van der Waals surface area contributed by atoms with E-state index in [-0.39, 0.29) is 11.9 Å². The molecule has 0 saturated heterocycles. The molecule has 0 bridgehead atoms. The Hall–Kier alpha value is -0.870. The zero-order chi connectivity index (χ0) is 11.1. The number of rotatable bonds is 6. The summed E-state index contributed by atoms with van der Waals surface area (Å²) in [4.78, 5) is 11.5. The van der Waals surface area contributed by atoms with E-state index in [1.807, 2.05) is 18.4 Å². The van der Waals surface area contributed by atoms with Crippen LogP contribution in [0.25, 0.3) is 0 Å². The molecule has 15 heavy (non-hydrogen) atoms. The smallest absolute Gasteiger partial charge is 0.220 e. The molecule has 4 heteroatoms. The summed E-state index contributed by atoms with van der Waals surface area (Å²) in [5.74, 6) is 0.113. The third kappa shape index (κ3) is 4.44. The Morgan fingerprint density at radius 1 is 1.60 bits per heavy atom. The Morgan fingerprint density at radius 2 is 2.40 bits per heavy atom. The van der Waals surface area contributed by atoms with Gasteiger partial charge >= 0.3 is 0 Å². The molecule has 84 valence electrons. The van der Waals surface area contributed by atoms with E-state index in [4.69, 9.17) is 5.73 Å². The Balaban J connectivity index is 2.26. The Morgan fingerprint density at radius 3 is 3.00 bits per heavy atom. The van der Waals surface area contributed by atoms with Gasteiger partial charge in [0.25, 0.3) is 0 Å². The molecule has 0 aromatic carbocycles. The summed E-state index contributed by atoms with van der Waals surface area (Å²) in [6.07, 6.45) is 2.37. The standard InChI is InChI=1S/C11H18N2OS/c1-9(10-5-7-15-8-10)13-11(14)4-2-3-6-12/h5,7-9H,2-4,6,12H2,1H3,(H,13,14). The molecule has 1 amide bonds. The molecule has 1 heterocycles. The number of amides is 1. The first-order valence-electron chi connectivity index (χ1n) is 5.25. The molecule has 3 nitrogen and oxygen atoms in total. The molecule has 0 spiro atoms. The van der Waals surface area contributed by atoms with Gasteiger partial charge in [0.05, 0.1) is 6.04 Å². The quantitative estimate of drug-likeness (QED) is 0.729. The molecular weight excluding hydrogens is 208 g/mol. The highest BCUT2D eigenvalue weighted by atomic mass is 32.1. The van der Waals surface area contributed by atoms with E-state index in [1.54, 1.807) is 11.3 Å². The minimum Gasteiger partial charge on any atom is -0.350 e. The van der Waals surface area contributed by atoms with Gasteiger partial charge in [-0.3, -0.25) is 4.79 Å². The van der Waals surface area contributed by atoms with Crippen molar-refractivity contribution >= 4 is 17.2 Å². The van der Waals surface area contributed by atoms with Crippen molar-refractivity contribution in [3.8, 4) is 0 Å². The van der Waals surface area contributed by atoms with Gasteiger partial charge in [-0.05, 0) is 48.7 Å². The van der Waals surface area contributed by atoms with Gasteiger partial charge in [0.1, 0.15) is 0 Å². The predicted molar refractivity (Wildman–Crippen MR) is 63.8 cm³/mol. The summed E-state index contributed by atoms with van der Waals surface area (Å²) >= 11 is 1.65. The summed E-state index contributed by atoms with van der Waals surface area (Å²) in [7, 11) is 0. The first-order valence-corrected chi connectivity index (χ1v) is 6.20. The lowest BCUT2D eigenvalue weighted by atomic mass is 10.1. The number of carbonyl (C=O) groups excluding carboxylic acids is 1. The maximum atomic E-state index is 11.5. The third-order valence-electron chi connectivity index (χ3n) is 2.28. The van der Waals surface area contributed by atoms with E-state index in [0.717, 1.165) is 12.8 Å². The lowest BCUT2D eigenvalue weighted by Gasteiger charge is -2.12. The second-order valence-electron chi connectivity index (χ2n) is 3.59. The van der Waals surface area contributed by atoms with Crippen molar-refractivity contribution in [3.63, 3.8) is 0 Å². The fourth-order valence-electron chi connectivity index (χ4n) is 1.35. The second-order valence-corrected chi connectivity index (χ2v) is 4.37. The molecule has 0 aliphatic rings. The normalized spacial score (nSPS) is 12.4. The van der Waals surface area contributed by atoms with E-state index in [1.165, 1.54) is 5.56 Å². The van der Waals surface area contributed by atoms with Crippen molar-refractivity contribution in [2.45, 2.75) is 32.2 Å². The van der Waals surface area contributed by atoms with Crippen LogP contribution in [0.3, 0.4) is 0 Å². The summed E-state index contributed by atoms with van der Waals surface area (Å²) in [6, 6.07) is 2.15. The number of unbranched alkanes of at least 4 members (excludes halogenated alkanes) is 1. The van der Waals surface area contributed by atoms with E-state index >= 15 is 0 Å².